The highest BCUT2D eigenvalue weighted by Gasteiger charge is 2.58. The van der Waals surface area contributed by atoms with Crippen molar-refractivity contribution >= 4 is 23.7 Å². The molecule has 12 heteroatoms. The first kappa shape index (κ1) is 37.0. The Labute approximate surface area is 282 Å². The Morgan fingerprint density at radius 1 is 1.12 bits per heavy atom. The number of rotatable bonds is 13. The van der Waals surface area contributed by atoms with Crippen LogP contribution in [0.25, 0.3) is 0 Å². The van der Waals surface area contributed by atoms with Gasteiger partial charge in [-0.25, -0.2) is 0 Å². The summed E-state index contributed by atoms with van der Waals surface area (Å²) in [5, 5.41) is 16.9. The fourth-order valence-corrected chi connectivity index (χ4v) is 6.15. The predicted molar refractivity (Wildman–Crippen MR) is 177 cm³/mol. The van der Waals surface area contributed by atoms with Crippen molar-refractivity contribution in [3.8, 4) is 0 Å². The molecule has 12 nitrogen and oxygen atoms in total. The summed E-state index contributed by atoms with van der Waals surface area (Å²) in [5.74, 6) is -1.16. The number of primary amides is 1. The van der Waals surface area contributed by atoms with Crippen molar-refractivity contribution in [3.05, 3.63) is 71.3 Å². The molecule has 4 rings (SSSR count). The molecule has 3 saturated heterocycles. The first-order chi connectivity index (χ1) is 22.7. The van der Waals surface area contributed by atoms with Crippen LogP contribution in [0.5, 0.6) is 0 Å². The van der Waals surface area contributed by atoms with Gasteiger partial charge in [0.25, 0.3) is 0 Å². The number of carbonyl (C=O) groups is 4. The van der Waals surface area contributed by atoms with Gasteiger partial charge in [-0.2, -0.15) is 0 Å². The number of amides is 3. The summed E-state index contributed by atoms with van der Waals surface area (Å²) in [6, 6.07) is 6.59. The van der Waals surface area contributed by atoms with Crippen molar-refractivity contribution < 1.29 is 43.2 Å². The maximum Gasteiger partial charge on any atom is 0.303 e. The van der Waals surface area contributed by atoms with Gasteiger partial charge in [-0.05, 0) is 63.3 Å². The van der Waals surface area contributed by atoms with Crippen LogP contribution in [0.2, 0.25) is 0 Å². The van der Waals surface area contributed by atoms with Crippen molar-refractivity contribution in [1.82, 2.24) is 10.6 Å². The second-order valence-corrected chi connectivity index (χ2v) is 13.2. The molecule has 3 aliphatic heterocycles. The molecule has 48 heavy (non-hydrogen) atoms. The van der Waals surface area contributed by atoms with Gasteiger partial charge < -0.3 is 40.4 Å². The highest BCUT2D eigenvalue weighted by Crippen LogP contribution is 2.43. The Bertz CT molecular complexity index is 1400. The molecule has 1 aromatic carbocycles. The third kappa shape index (κ3) is 10.6. The molecule has 3 amide bonds. The van der Waals surface area contributed by atoms with Crippen molar-refractivity contribution in [2.24, 2.45) is 11.7 Å². The van der Waals surface area contributed by atoms with E-state index in [2.05, 4.69) is 23.6 Å². The molecule has 1 unspecified atom stereocenters. The predicted octanol–water partition coefficient (Wildman–Crippen LogP) is 2.78. The molecule has 0 radical (unpaired) electrons. The number of ether oxygens (including phenoxy) is 4. The molecule has 1 spiro atoms. The number of hydrogen-bond acceptors (Lipinski definition) is 9. The SMILES string of the molecule is CC(=O)OC(C)C=CC(=O)N[C@@H]1C[C@H](C)[C@H](CC=C(C)C=C[C@H]2O[C@H](CC(=O)NCc3ccc(C(N)=O)cc3)C[C@@]3(CO3)[C@@H]2O)O[C@@H]1C. The van der Waals surface area contributed by atoms with Gasteiger partial charge >= 0.3 is 5.97 Å². The number of aliphatic hydroxyl groups is 1. The van der Waals surface area contributed by atoms with E-state index in [1.54, 1.807) is 37.3 Å². The fourth-order valence-electron chi connectivity index (χ4n) is 6.15. The number of aliphatic hydroxyl groups excluding tert-OH is 1. The van der Waals surface area contributed by atoms with Gasteiger partial charge in [-0.3, -0.25) is 19.2 Å². The van der Waals surface area contributed by atoms with Crippen LogP contribution in [0.4, 0.5) is 0 Å². The topological polar surface area (TPSA) is 179 Å². The lowest BCUT2D eigenvalue weighted by molar-refractivity contribution is -0.145. The Kier molecular flexibility index (Phi) is 12.7. The second-order valence-electron chi connectivity index (χ2n) is 13.2. The zero-order chi connectivity index (χ0) is 35.0. The molecular weight excluding hydrogens is 618 g/mol. The summed E-state index contributed by atoms with van der Waals surface area (Å²) in [6.45, 7) is 9.75. The Balaban J connectivity index is 1.25. The summed E-state index contributed by atoms with van der Waals surface area (Å²) in [6.07, 6.45) is 8.11. The number of hydrogen-bond donors (Lipinski definition) is 4. The van der Waals surface area contributed by atoms with Gasteiger partial charge in [0.1, 0.15) is 23.9 Å². The maximum atomic E-state index is 12.7. The van der Waals surface area contributed by atoms with Gasteiger partial charge in [0.2, 0.25) is 17.7 Å². The van der Waals surface area contributed by atoms with Gasteiger partial charge in [-0.1, -0.05) is 42.9 Å². The van der Waals surface area contributed by atoms with Crippen molar-refractivity contribution in [2.75, 3.05) is 6.61 Å². The smallest absolute Gasteiger partial charge is 0.303 e. The van der Waals surface area contributed by atoms with Gasteiger partial charge in [-0.15, -0.1) is 0 Å². The highest BCUT2D eigenvalue weighted by atomic mass is 16.6. The number of carbonyl (C=O) groups excluding carboxylic acids is 4. The zero-order valence-electron chi connectivity index (χ0n) is 28.3. The van der Waals surface area contributed by atoms with Crippen molar-refractivity contribution in [1.29, 1.82) is 0 Å². The number of allylic oxidation sites excluding steroid dienone is 2. The minimum Gasteiger partial charge on any atom is -0.459 e. The standard InChI is InChI=1S/C36H49N3O9/c1-21(6-13-30-22(2)16-29(24(4)47-30)39-32(41)15-8-23(3)46-25(5)40)7-14-31-34(43)36(20-45-36)18-28(48-31)17-33(42)38-19-26-9-11-27(12-10-26)35(37)44/h6-12,14-15,22-24,28-31,34,43H,13,16-20H2,1-5H3,(H2,37,44)(H,38,42)(H,39,41)/t22-,23?,24+,28+,29+,30-,31+,34+,36+/m0/s1. The Morgan fingerprint density at radius 3 is 2.48 bits per heavy atom. The molecule has 0 aliphatic carbocycles. The summed E-state index contributed by atoms with van der Waals surface area (Å²) in [4.78, 5) is 47.5. The Hall–Kier alpha value is -3.84. The minimum absolute atomic E-state index is 0.0281. The summed E-state index contributed by atoms with van der Waals surface area (Å²) in [7, 11) is 0. The van der Waals surface area contributed by atoms with E-state index in [4.69, 9.17) is 24.7 Å². The maximum absolute atomic E-state index is 12.7. The number of benzene rings is 1. The van der Waals surface area contributed by atoms with Crippen LogP contribution in [0, 0.1) is 5.92 Å². The molecule has 0 bridgehead atoms. The summed E-state index contributed by atoms with van der Waals surface area (Å²) < 4.78 is 23.1. The monoisotopic (exact) mass is 667 g/mol. The van der Waals surface area contributed by atoms with Crippen molar-refractivity contribution in [3.63, 3.8) is 0 Å². The molecule has 0 aromatic heterocycles. The number of epoxide rings is 1. The van der Waals surface area contributed by atoms with E-state index in [9.17, 15) is 24.3 Å². The van der Waals surface area contributed by atoms with E-state index in [1.165, 1.54) is 13.0 Å². The van der Waals surface area contributed by atoms with E-state index < -0.39 is 41.9 Å². The summed E-state index contributed by atoms with van der Waals surface area (Å²) >= 11 is 0. The van der Waals surface area contributed by atoms with Crippen LogP contribution >= 0.6 is 0 Å². The van der Waals surface area contributed by atoms with Crippen LogP contribution in [0.3, 0.4) is 0 Å². The molecule has 1 aromatic rings. The summed E-state index contributed by atoms with van der Waals surface area (Å²) in [5.41, 5.74) is 6.80. The molecule has 3 aliphatic rings. The van der Waals surface area contributed by atoms with Crippen LogP contribution in [0.15, 0.2) is 60.2 Å². The molecule has 3 fully saturated rings. The van der Waals surface area contributed by atoms with E-state index in [0.29, 0.717) is 31.6 Å². The van der Waals surface area contributed by atoms with E-state index in [1.807, 2.05) is 26.0 Å². The van der Waals surface area contributed by atoms with Crippen LogP contribution in [0.1, 0.15) is 76.2 Å². The zero-order valence-corrected chi connectivity index (χ0v) is 28.3. The number of nitrogens with two attached hydrogens (primary N) is 1. The minimum atomic E-state index is -0.848. The first-order valence-corrected chi connectivity index (χ1v) is 16.5. The lowest BCUT2D eigenvalue weighted by Crippen LogP contribution is -2.50. The Morgan fingerprint density at radius 2 is 1.83 bits per heavy atom. The van der Waals surface area contributed by atoms with Crippen molar-refractivity contribution in [2.45, 2.75) is 115 Å². The molecule has 3 heterocycles. The van der Waals surface area contributed by atoms with E-state index in [-0.39, 0.29) is 42.4 Å². The fraction of sp³-hybridized carbons (Fsp3) is 0.556. The largest absolute Gasteiger partial charge is 0.459 e. The first-order valence-electron chi connectivity index (χ1n) is 16.5. The van der Waals surface area contributed by atoms with E-state index in [0.717, 1.165) is 17.6 Å². The van der Waals surface area contributed by atoms with Gasteiger partial charge in [0, 0.05) is 31.5 Å². The van der Waals surface area contributed by atoms with Crippen LogP contribution in [-0.2, 0) is 39.9 Å². The van der Waals surface area contributed by atoms with Crippen LogP contribution < -0.4 is 16.4 Å². The molecule has 262 valence electrons. The molecule has 9 atom stereocenters. The average Bonchev–Trinajstić information content (AvgIpc) is 3.80. The van der Waals surface area contributed by atoms with E-state index >= 15 is 0 Å². The lowest BCUT2D eigenvalue weighted by atomic mass is 9.87. The van der Waals surface area contributed by atoms with Gasteiger partial charge in [0.05, 0.1) is 37.4 Å². The molecule has 5 N–H and O–H groups in total. The molecule has 0 saturated carbocycles. The quantitative estimate of drug-likeness (QED) is 0.107. The average molecular weight is 668 g/mol. The number of esters is 1. The van der Waals surface area contributed by atoms with Gasteiger partial charge in [0.15, 0.2) is 0 Å². The normalized spacial score (nSPS) is 31.0. The second kappa shape index (κ2) is 16.5. The highest BCUT2D eigenvalue weighted by molar-refractivity contribution is 5.92. The number of nitrogens with one attached hydrogen (secondary N) is 2. The third-order valence-corrected chi connectivity index (χ3v) is 9.06. The lowest BCUT2D eigenvalue weighted by Gasteiger charge is -2.39. The third-order valence-electron chi connectivity index (χ3n) is 9.06. The molecular formula is C36H49N3O9. The van der Waals surface area contributed by atoms with Crippen LogP contribution in [-0.4, -0.2) is 83.7 Å².